The van der Waals surface area contributed by atoms with Crippen LogP contribution in [0.5, 0.6) is 0 Å². The van der Waals surface area contributed by atoms with Gasteiger partial charge in [-0.05, 0) is 31.2 Å². The van der Waals surface area contributed by atoms with Gasteiger partial charge in [0.2, 0.25) is 0 Å². The Labute approximate surface area is 117 Å². The standard InChI is InChI=1S/C15H12F2O2S/c1-10-3-2-4-11(7-10)14(18)9-20(19)15-8-12(16)5-6-13(15)17/h2-8H,9H2,1H3. The Morgan fingerprint density at radius 1 is 1.15 bits per heavy atom. The zero-order valence-electron chi connectivity index (χ0n) is 10.7. The van der Waals surface area contributed by atoms with Crippen molar-refractivity contribution in [1.82, 2.24) is 0 Å². The van der Waals surface area contributed by atoms with Crippen LogP contribution in [0.3, 0.4) is 0 Å². The molecule has 104 valence electrons. The first-order chi connectivity index (χ1) is 9.47. The molecule has 0 fully saturated rings. The van der Waals surface area contributed by atoms with E-state index in [9.17, 15) is 17.8 Å². The molecule has 2 nitrogen and oxygen atoms in total. The number of rotatable bonds is 4. The Morgan fingerprint density at radius 2 is 1.90 bits per heavy atom. The summed E-state index contributed by atoms with van der Waals surface area (Å²) in [6, 6.07) is 9.53. The van der Waals surface area contributed by atoms with Crippen molar-refractivity contribution >= 4 is 16.6 Å². The topological polar surface area (TPSA) is 34.1 Å². The third kappa shape index (κ3) is 3.36. The molecule has 0 bridgehead atoms. The minimum Gasteiger partial charge on any atom is -0.293 e. The monoisotopic (exact) mass is 294 g/mol. The Bertz CT molecular complexity index is 683. The van der Waals surface area contributed by atoms with Crippen molar-refractivity contribution in [3.05, 3.63) is 65.2 Å². The van der Waals surface area contributed by atoms with E-state index in [1.807, 2.05) is 13.0 Å². The molecule has 0 aliphatic rings. The summed E-state index contributed by atoms with van der Waals surface area (Å²) in [7, 11) is -1.91. The lowest BCUT2D eigenvalue weighted by atomic mass is 10.1. The molecular formula is C15H12F2O2S. The summed E-state index contributed by atoms with van der Waals surface area (Å²) >= 11 is 0. The van der Waals surface area contributed by atoms with Gasteiger partial charge in [0.05, 0.1) is 21.4 Å². The molecule has 0 saturated carbocycles. The fourth-order valence-electron chi connectivity index (χ4n) is 1.75. The van der Waals surface area contributed by atoms with E-state index in [1.54, 1.807) is 18.2 Å². The zero-order valence-corrected chi connectivity index (χ0v) is 11.5. The molecule has 1 unspecified atom stereocenters. The summed E-state index contributed by atoms with van der Waals surface area (Å²) in [6.45, 7) is 1.83. The summed E-state index contributed by atoms with van der Waals surface area (Å²) in [5.74, 6) is -2.20. The predicted molar refractivity (Wildman–Crippen MR) is 73.1 cm³/mol. The number of halogens is 2. The van der Waals surface area contributed by atoms with Gasteiger partial charge in [-0.15, -0.1) is 0 Å². The number of carbonyl (C=O) groups excluding carboxylic acids is 1. The highest BCUT2D eigenvalue weighted by Gasteiger charge is 2.16. The van der Waals surface area contributed by atoms with Gasteiger partial charge in [-0.2, -0.15) is 0 Å². The quantitative estimate of drug-likeness (QED) is 0.811. The minimum atomic E-state index is -1.91. The average Bonchev–Trinajstić information content (AvgIpc) is 2.41. The molecule has 0 N–H and O–H groups in total. The fraction of sp³-hybridized carbons (Fsp3) is 0.133. The second-order valence-electron chi connectivity index (χ2n) is 4.36. The number of aryl methyl sites for hydroxylation is 1. The van der Waals surface area contributed by atoms with Gasteiger partial charge in [-0.25, -0.2) is 8.78 Å². The first kappa shape index (κ1) is 14.5. The molecule has 0 aliphatic heterocycles. The van der Waals surface area contributed by atoms with Crippen LogP contribution in [0.15, 0.2) is 47.4 Å². The number of carbonyl (C=O) groups is 1. The molecule has 20 heavy (non-hydrogen) atoms. The van der Waals surface area contributed by atoms with E-state index in [-0.39, 0.29) is 16.4 Å². The summed E-state index contributed by atoms with van der Waals surface area (Å²) in [5, 5.41) is 0. The third-order valence-electron chi connectivity index (χ3n) is 2.74. The van der Waals surface area contributed by atoms with Gasteiger partial charge in [0.1, 0.15) is 11.6 Å². The molecule has 2 aromatic rings. The van der Waals surface area contributed by atoms with Crippen LogP contribution in [-0.4, -0.2) is 15.7 Å². The van der Waals surface area contributed by atoms with Crippen molar-refractivity contribution in [3.63, 3.8) is 0 Å². The average molecular weight is 294 g/mol. The van der Waals surface area contributed by atoms with Crippen molar-refractivity contribution in [2.75, 3.05) is 5.75 Å². The molecule has 0 saturated heterocycles. The smallest absolute Gasteiger partial charge is 0.175 e. The Hall–Kier alpha value is -1.88. The number of ketones is 1. The lowest BCUT2D eigenvalue weighted by Gasteiger charge is -2.04. The van der Waals surface area contributed by atoms with Gasteiger partial charge in [0.25, 0.3) is 0 Å². The number of hydrogen-bond donors (Lipinski definition) is 0. The van der Waals surface area contributed by atoms with Gasteiger partial charge in [-0.3, -0.25) is 9.00 Å². The van der Waals surface area contributed by atoms with E-state index in [0.717, 1.165) is 23.8 Å². The number of benzene rings is 2. The normalized spacial score (nSPS) is 12.2. The first-order valence-corrected chi connectivity index (χ1v) is 7.22. The molecular weight excluding hydrogens is 282 g/mol. The van der Waals surface area contributed by atoms with E-state index in [0.29, 0.717) is 5.56 Å². The van der Waals surface area contributed by atoms with Crippen LogP contribution < -0.4 is 0 Å². The summed E-state index contributed by atoms with van der Waals surface area (Å²) < 4.78 is 38.5. The Balaban J connectivity index is 2.19. The largest absolute Gasteiger partial charge is 0.293 e. The second-order valence-corrected chi connectivity index (χ2v) is 5.78. The minimum absolute atomic E-state index is 0.286. The van der Waals surface area contributed by atoms with Gasteiger partial charge in [-0.1, -0.05) is 23.8 Å². The van der Waals surface area contributed by atoms with Crippen molar-refractivity contribution in [2.24, 2.45) is 0 Å². The highest BCUT2D eigenvalue weighted by molar-refractivity contribution is 7.85. The van der Waals surface area contributed by atoms with Gasteiger partial charge in [0, 0.05) is 5.56 Å². The highest BCUT2D eigenvalue weighted by Crippen LogP contribution is 2.15. The van der Waals surface area contributed by atoms with Gasteiger partial charge >= 0.3 is 0 Å². The lowest BCUT2D eigenvalue weighted by molar-refractivity contribution is 0.102. The molecule has 2 rings (SSSR count). The van der Waals surface area contributed by atoms with E-state index in [4.69, 9.17) is 0 Å². The Morgan fingerprint density at radius 3 is 2.60 bits per heavy atom. The molecule has 0 radical (unpaired) electrons. The molecule has 0 amide bonds. The van der Waals surface area contributed by atoms with Gasteiger partial charge in [0.15, 0.2) is 5.78 Å². The van der Waals surface area contributed by atoms with E-state index < -0.39 is 22.4 Å². The van der Waals surface area contributed by atoms with E-state index in [2.05, 4.69) is 0 Å². The maximum atomic E-state index is 13.5. The molecule has 0 heterocycles. The number of hydrogen-bond acceptors (Lipinski definition) is 2. The molecule has 0 spiro atoms. The number of Topliss-reactive ketones (excluding diaryl/α,β-unsaturated/α-hetero) is 1. The summed E-state index contributed by atoms with van der Waals surface area (Å²) in [5.41, 5.74) is 1.31. The maximum absolute atomic E-state index is 13.5. The fourth-order valence-corrected chi connectivity index (χ4v) is 2.84. The molecule has 5 heteroatoms. The second kappa shape index (κ2) is 6.05. The molecule has 2 aromatic carbocycles. The van der Waals surface area contributed by atoms with Crippen LogP contribution >= 0.6 is 0 Å². The lowest BCUT2D eigenvalue weighted by Crippen LogP contribution is -2.12. The van der Waals surface area contributed by atoms with Crippen LogP contribution in [0.25, 0.3) is 0 Å². The van der Waals surface area contributed by atoms with Crippen molar-refractivity contribution in [3.8, 4) is 0 Å². The first-order valence-electron chi connectivity index (χ1n) is 5.90. The van der Waals surface area contributed by atoms with E-state index >= 15 is 0 Å². The van der Waals surface area contributed by atoms with Crippen molar-refractivity contribution in [1.29, 1.82) is 0 Å². The highest BCUT2D eigenvalue weighted by atomic mass is 32.2. The predicted octanol–water partition coefficient (Wildman–Crippen LogP) is 3.26. The van der Waals surface area contributed by atoms with Crippen molar-refractivity contribution < 1.29 is 17.8 Å². The van der Waals surface area contributed by atoms with Crippen molar-refractivity contribution in [2.45, 2.75) is 11.8 Å². The maximum Gasteiger partial charge on any atom is 0.175 e. The van der Waals surface area contributed by atoms with Gasteiger partial charge < -0.3 is 0 Å². The van der Waals surface area contributed by atoms with E-state index in [1.165, 1.54) is 0 Å². The Kier molecular flexibility index (Phi) is 4.39. The SMILES string of the molecule is Cc1cccc(C(=O)CS(=O)c2cc(F)ccc2F)c1. The zero-order chi connectivity index (χ0) is 14.7. The van der Waals surface area contributed by atoms with Crippen LogP contribution in [0.1, 0.15) is 15.9 Å². The van der Waals surface area contributed by atoms with Crippen LogP contribution in [0.2, 0.25) is 0 Å². The summed E-state index contributed by atoms with van der Waals surface area (Å²) in [6.07, 6.45) is 0. The third-order valence-corrected chi connectivity index (χ3v) is 4.07. The van der Waals surface area contributed by atoms with Crippen LogP contribution in [-0.2, 0) is 10.8 Å². The molecule has 0 aromatic heterocycles. The molecule has 0 aliphatic carbocycles. The summed E-state index contributed by atoms with van der Waals surface area (Å²) in [4.78, 5) is 11.7. The van der Waals surface area contributed by atoms with Crippen LogP contribution in [0.4, 0.5) is 8.78 Å². The molecule has 1 atom stereocenters. The van der Waals surface area contributed by atoms with Crippen LogP contribution in [0, 0.1) is 18.6 Å².